The maximum absolute atomic E-state index is 12.5. The van der Waals surface area contributed by atoms with Crippen LogP contribution in [0.1, 0.15) is 33.5 Å². The average Bonchev–Trinajstić information content (AvgIpc) is 3.22. The van der Waals surface area contributed by atoms with Crippen LogP contribution in [0.4, 0.5) is 5.82 Å². The molecule has 0 aliphatic heterocycles. The van der Waals surface area contributed by atoms with Gasteiger partial charge in [0.15, 0.2) is 5.82 Å². The van der Waals surface area contributed by atoms with Crippen LogP contribution < -0.4 is 5.32 Å². The van der Waals surface area contributed by atoms with E-state index in [4.69, 9.17) is 0 Å². The molecule has 0 spiro atoms. The predicted molar refractivity (Wildman–Crippen MR) is 97.0 cm³/mol. The van der Waals surface area contributed by atoms with Crippen LogP contribution in [0.15, 0.2) is 48.7 Å². The van der Waals surface area contributed by atoms with Gasteiger partial charge in [0.05, 0.1) is 10.6 Å². The first-order valence-electron chi connectivity index (χ1n) is 8.23. The molecule has 2 aromatic heterocycles. The molecule has 2 heterocycles. The van der Waals surface area contributed by atoms with E-state index in [1.54, 1.807) is 16.0 Å². The monoisotopic (exact) mass is 337 g/mol. The average molecular weight is 337 g/mol. The molecule has 1 atom stereocenters. The number of nitrogens with zero attached hydrogens (tertiary/aromatic N) is 2. The molecule has 0 bridgehead atoms. The lowest BCUT2D eigenvalue weighted by molar-refractivity contribution is 0.103. The molecule has 24 heavy (non-hydrogen) atoms. The molecule has 0 saturated carbocycles. The lowest BCUT2D eigenvalue weighted by Crippen LogP contribution is -2.11. The Morgan fingerprint density at radius 2 is 2.12 bits per heavy atom. The van der Waals surface area contributed by atoms with Crippen LogP contribution in [-0.2, 0) is 12.8 Å². The van der Waals surface area contributed by atoms with E-state index < -0.39 is 0 Å². The summed E-state index contributed by atoms with van der Waals surface area (Å²) in [6.07, 6.45) is 5.25. The second-order valence-electron chi connectivity index (χ2n) is 6.34. The molecule has 0 radical (unpaired) electrons. The number of carbonyl (C=O) groups excluding carboxylic acids is 1. The summed E-state index contributed by atoms with van der Waals surface area (Å²) in [5.41, 5.74) is 2.32. The number of para-hydroxylation sites is 1. The number of aryl methyl sites for hydroxylation is 1. The van der Waals surface area contributed by atoms with Crippen molar-refractivity contribution in [2.75, 3.05) is 5.32 Å². The minimum Gasteiger partial charge on any atom is -0.304 e. The first-order chi connectivity index (χ1) is 11.7. The molecule has 3 aromatic rings. The van der Waals surface area contributed by atoms with Crippen LogP contribution in [0.2, 0.25) is 0 Å². The van der Waals surface area contributed by atoms with E-state index >= 15 is 0 Å². The molecule has 1 amide bonds. The summed E-state index contributed by atoms with van der Waals surface area (Å²) in [5, 5.41) is 7.34. The SMILES string of the molecule is CC1CCc2sc(C(=O)Nc3ccn(-c4ccccc4)n3)cc2C1. The Morgan fingerprint density at radius 1 is 1.29 bits per heavy atom. The third-order valence-electron chi connectivity index (χ3n) is 4.40. The summed E-state index contributed by atoms with van der Waals surface area (Å²) in [6, 6.07) is 13.7. The van der Waals surface area contributed by atoms with E-state index in [1.165, 1.54) is 16.9 Å². The molecule has 122 valence electrons. The first-order valence-corrected chi connectivity index (χ1v) is 9.05. The fourth-order valence-corrected chi connectivity index (χ4v) is 4.21. The van der Waals surface area contributed by atoms with Gasteiger partial charge in [-0.15, -0.1) is 11.3 Å². The van der Waals surface area contributed by atoms with Crippen molar-refractivity contribution in [2.45, 2.75) is 26.2 Å². The molecule has 5 heteroatoms. The van der Waals surface area contributed by atoms with Crippen LogP contribution in [0, 0.1) is 5.92 Å². The minimum absolute atomic E-state index is 0.0691. The minimum atomic E-state index is -0.0691. The highest BCUT2D eigenvalue weighted by atomic mass is 32.1. The third kappa shape index (κ3) is 2.99. The van der Waals surface area contributed by atoms with E-state index in [0.29, 0.717) is 11.7 Å². The van der Waals surface area contributed by atoms with Crippen LogP contribution in [-0.4, -0.2) is 15.7 Å². The molecule has 4 nitrogen and oxygen atoms in total. The van der Waals surface area contributed by atoms with E-state index in [1.807, 2.05) is 42.6 Å². The Morgan fingerprint density at radius 3 is 2.96 bits per heavy atom. The lowest BCUT2D eigenvalue weighted by Gasteiger charge is -2.16. The van der Waals surface area contributed by atoms with Gasteiger partial charge in [-0.2, -0.15) is 5.10 Å². The van der Waals surface area contributed by atoms with E-state index in [2.05, 4.69) is 23.4 Å². The predicted octanol–water partition coefficient (Wildman–Crippen LogP) is 4.31. The van der Waals surface area contributed by atoms with E-state index in [0.717, 1.165) is 23.4 Å². The molecule has 0 saturated heterocycles. The highest BCUT2D eigenvalue weighted by molar-refractivity contribution is 7.14. The van der Waals surface area contributed by atoms with Crippen molar-refractivity contribution in [1.29, 1.82) is 0 Å². The summed E-state index contributed by atoms with van der Waals surface area (Å²) < 4.78 is 1.76. The number of amides is 1. The Bertz CT molecular complexity index is 866. The van der Waals surface area contributed by atoms with Crippen molar-refractivity contribution >= 4 is 23.1 Å². The van der Waals surface area contributed by atoms with Crippen molar-refractivity contribution in [1.82, 2.24) is 9.78 Å². The van der Waals surface area contributed by atoms with Crippen molar-refractivity contribution < 1.29 is 4.79 Å². The summed E-state index contributed by atoms with van der Waals surface area (Å²) in [7, 11) is 0. The van der Waals surface area contributed by atoms with Crippen molar-refractivity contribution in [3.05, 3.63) is 64.0 Å². The summed E-state index contributed by atoms with van der Waals surface area (Å²) >= 11 is 1.62. The lowest BCUT2D eigenvalue weighted by atomic mass is 9.90. The molecule has 0 fully saturated rings. The van der Waals surface area contributed by atoms with Gasteiger partial charge >= 0.3 is 0 Å². The number of aromatic nitrogens is 2. The summed E-state index contributed by atoms with van der Waals surface area (Å²) in [6.45, 7) is 2.27. The van der Waals surface area contributed by atoms with Crippen LogP contribution in [0.5, 0.6) is 0 Å². The second kappa shape index (κ2) is 6.24. The van der Waals surface area contributed by atoms with Crippen molar-refractivity contribution in [3.8, 4) is 5.69 Å². The van der Waals surface area contributed by atoms with Crippen molar-refractivity contribution in [2.24, 2.45) is 5.92 Å². The molecule has 1 aliphatic rings. The van der Waals surface area contributed by atoms with Crippen molar-refractivity contribution in [3.63, 3.8) is 0 Å². The zero-order valence-corrected chi connectivity index (χ0v) is 14.3. The molecule has 4 rings (SSSR count). The Hall–Kier alpha value is -2.40. The molecule has 1 aromatic carbocycles. The number of hydrogen-bond acceptors (Lipinski definition) is 3. The Balaban J connectivity index is 1.50. The van der Waals surface area contributed by atoms with Crippen LogP contribution in [0.25, 0.3) is 5.69 Å². The fraction of sp³-hybridized carbons (Fsp3) is 0.263. The van der Waals surface area contributed by atoms with E-state index in [-0.39, 0.29) is 5.91 Å². The van der Waals surface area contributed by atoms with Gasteiger partial charge in [-0.1, -0.05) is 25.1 Å². The molecule has 1 N–H and O–H groups in total. The van der Waals surface area contributed by atoms with Crippen LogP contribution >= 0.6 is 11.3 Å². The highest BCUT2D eigenvalue weighted by Crippen LogP contribution is 2.32. The van der Waals surface area contributed by atoms with Gasteiger partial charge in [0.1, 0.15) is 0 Å². The number of benzene rings is 1. The molecular formula is C19H19N3OS. The summed E-state index contributed by atoms with van der Waals surface area (Å²) in [5.74, 6) is 1.22. The largest absolute Gasteiger partial charge is 0.304 e. The van der Waals surface area contributed by atoms with Gasteiger partial charge in [-0.3, -0.25) is 4.79 Å². The Labute approximate surface area is 145 Å². The number of rotatable bonds is 3. The standard InChI is InChI=1S/C19H19N3OS/c1-13-7-8-16-14(11-13)12-17(24-16)19(23)20-18-9-10-22(21-18)15-5-3-2-4-6-15/h2-6,9-10,12-13H,7-8,11H2,1H3,(H,20,21,23). The number of anilines is 1. The highest BCUT2D eigenvalue weighted by Gasteiger charge is 2.21. The van der Waals surface area contributed by atoms with Gasteiger partial charge in [-0.25, -0.2) is 4.68 Å². The van der Waals surface area contributed by atoms with Gasteiger partial charge < -0.3 is 5.32 Å². The second-order valence-corrected chi connectivity index (χ2v) is 7.48. The number of nitrogens with one attached hydrogen (secondary N) is 1. The number of carbonyl (C=O) groups is 1. The Kier molecular flexibility index (Phi) is 3.94. The number of thiophene rings is 1. The molecular weight excluding hydrogens is 318 g/mol. The normalized spacial score (nSPS) is 16.6. The number of fused-ring (bicyclic) bond motifs is 1. The quantitative estimate of drug-likeness (QED) is 0.774. The molecule has 1 aliphatic carbocycles. The van der Waals surface area contributed by atoms with Gasteiger partial charge in [0.25, 0.3) is 5.91 Å². The molecule has 1 unspecified atom stereocenters. The number of hydrogen-bond donors (Lipinski definition) is 1. The van der Waals surface area contributed by atoms with Gasteiger partial charge in [0.2, 0.25) is 0 Å². The maximum atomic E-state index is 12.5. The zero-order valence-electron chi connectivity index (χ0n) is 13.5. The first kappa shape index (κ1) is 15.1. The third-order valence-corrected chi connectivity index (χ3v) is 5.64. The fourth-order valence-electron chi connectivity index (χ4n) is 3.11. The van der Waals surface area contributed by atoms with Gasteiger partial charge in [0, 0.05) is 17.1 Å². The van der Waals surface area contributed by atoms with Gasteiger partial charge in [-0.05, 0) is 48.9 Å². The van der Waals surface area contributed by atoms with Crippen LogP contribution in [0.3, 0.4) is 0 Å². The maximum Gasteiger partial charge on any atom is 0.266 e. The smallest absolute Gasteiger partial charge is 0.266 e. The zero-order chi connectivity index (χ0) is 16.5. The topological polar surface area (TPSA) is 46.9 Å². The summed E-state index contributed by atoms with van der Waals surface area (Å²) in [4.78, 5) is 14.7. The van der Waals surface area contributed by atoms with E-state index in [9.17, 15) is 4.79 Å².